The number of esters is 1. The second-order valence-electron chi connectivity index (χ2n) is 6.22. The summed E-state index contributed by atoms with van der Waals surface area (Å²) in [5, 5.41) is 3.42. The van der Waals surface area contributed by atoms with Crippen molar-refractivity contribution >= 4 is 34.0 Å². The zero-order valence-electron chi connectivity index (χ0n) is 14.9. The molecule has 2 aromatic rings. The fraction of sp³-hybridized carbons (Fsp3) is 0.350. The Hall–Kier alpha value is -2.47. The molecule has 0 bridgehead atoms. The molecule has 3 rings (SSSR count). The molecule has 1 aliphatic carbocycles. The van der Waals surface area contributed by atoms with Gasteiger partial charge in [0.25, 0.3) is 5.91 Å². The molecule has 0 saturated heterocycles. The maximum Gasteiger partial charge on any atom is 0.341 e. The van der Waals surface area contributed by atoms with Crippen molar-refractivity contribution in [2.75, 3.05) is 11.9 Å². The lowest BCUT2D eigenvalue weighted by molar-refractivity contribution is 0.0526. The van der Waals surface area contributed by atoms with Gasteiger partial charge >= 0.3 is 5.97 Å². The van der Waals surface area contributed by atoms with E-state index in [4.69, 9.17) is 4.74 Å². The summed E-state index contributed by atoms with van der Waals surface area (Å²) in [7, 11) is 0. The standard InChI is InChI=1S/C20H21NO4S/c1-3-25-20(24)17-15-6-4-5-7-16(15)26-19(17)21-18(23)14-10-8-13(9-11-14)12(2)22/h8-11H,3-7H2,1-2H3,(H,21,23). The van der Waals surface area contributed by atoms with E-state index < -0.39 is 0 Å². The van der Waals surface area contributed by atoms with Crippen LogP contribution < -0.4 is 5.32 Å². The van der Waals surface area contributed by atoms with E-state index in [1.54, 1.807) is 31.2 Å². The van der Waals surface area contributed by atoms with E-state index in [0.29, 0.717) is 28.3 Å². The topological polar surface area (TPSA) is 72.5 Å². The van der Waals surface area contributed by atoms with E-state index in [2.05, 4.69) is 5.32 Å². The van der Waals surface area contributed by atoms with Crippen LogP contribution in [0.1, 0.15) is 68.2 Å². The molecule has 1 aromatic heterocycles. The molecule has 5 nitrogen and oxygen atoms in total. The lowest BCUT2D eigenvalue weighted by atomic mass is 9.95. The van der Waals surface area contributed by atoms with Gasteiger partial charge in [0.05, 0.1) is 12.2 Å². The number of thiophene rings is 1. The predicted molar refractivity (Wildman–Crippen MR) is 101 cm³/mol. The Bertz CT molecular complexity index is 851. The first-order valence-electron chi connectivity index (χ1n) is 8.75. The van der Waals surface area contributed by atoms with E-state index in [9.17, 15) is 14.4 Å². The van der Waals surface area contributed by atoms with Crippen LogP contribution in [0.5, 0.6) is 0 Å². The molecule has 1 aliphatic rings. The van der Waals surface area contributed by atoms with Gasteiger partial charge in [0.2, 0.25) is 0 Å². The monoisotopic (exact) mass is 371 g/mol. The number of amides is 1. The van der Waals surface area contributed by atoms with Crippen molar-refractivity contribution in [1.82, 2.24) is 0 Å². The highest BCUT2D eigenvalue weighted by Gasteiger charge is 2.27. The van der Waals surface area contributed by atoms with E-state index in [1.165, 1.54) is 18.3 Å². The number of ketones is 1. The first-order chi connectivity index (χ1) is 12.5. The smallest absolute Gasteiger partial charge is 0.341 e. The number of nitrogens with one attached hydrogen (secondary N) is 1. The van der Waals surface area contributed by atoms with Crippen LogP contribution in [0.3, 0.4) is 0 Å². The van der Waals surface area contributed by atoms with E-state index >= 15 is 0 Å². The summed E-state index contributed by atoms with van der Waals surface area (Å²) in [6.07, 6.45) is 3.89. The van der Waals surface area contributed by atoms with E-state index in [0.717, 1.165) is 36.1 Å². The number of carbonyl (C=O) groups excluding carboxylic acids is 3. The minimum absolute atomic E-state index is 0.0486. The average Bonchev–Trinajstić information content (AvgIpc) is 2.99. The molecule has 0 aliphatic heterocycles. The third-order valence-electron chi connectivity index (χ3n) is 4.43. The number of Topliss-reactive ketones (excluding diaryl/α,β-unsaturated/α-hetero) is 1. The number of anilines is 1. The summed E-state index contributed by atoms with van der Waals surface area (Å²) in [6, 6.07) is 6.49. The lowest BCUT2D eigenvalue weighted by Crippen LogP contribution is -2.15. The van der Waals surface area contributed by atoms with Gasteiger partial charge in [0.15, 0.2) is 5.78 Å². The van der Waals surface area contributed by atoms with Crippen LogP contribution in [-0.4, -0.2) is 24.3 Å². The highest BCUT2D eigenvalue weighted by atomic mass is 32.1. The predicted octanol–water partition coefficient (Wildman–Crippen LogP) is 4.26. The molecule has 6 heteroatoms. The van der Waals surface area contributed by atoms with Crippen molar-refractivity contribution in [3.8, 4) is 0 Å². The molecule has 0 fully saturated rings. The summed E-state index contributed by atoms with van der Waals surface area (Å²) >= 11 is 1.46. The molecule has 1 N–H and O–H groups in total. The first-order valence-corrected chi connectivity index (χ1v) is 9.57. The number of benzene rings is 1. The highest BCUT2D eigenvalue weighted by Crippen LogP contribution is 2.38. The third-order valence-corrected chi connectivity index (χ3v) is 5.64. The first kappa shape index (κ1) is 18.3. The molecule has 1 amide bonds. The Morgan fingerprint density at radius 3 is 2.38 bits per heavy atom. The Morgan fingerprint density at radius 2 is 1.73 bits per heavy atom. The number of ether oxygens (including phenoxy) is 1. The van der Waals surface area contributed by atoms with Crippen molar-refractivity contribution in [2.45, 2.75) is 39.5 Å². The molecular weight excluding hydrogens is 350 g/mol. The third kappa shape index (κ3) is 3.70. The Morgan fingerprint density at radius 1 is 1.08 bits per heavy atom. The molecular formula is C20H21NO4S. The number of fused-ring (bicyclic) bond motifs is 1. The zero-order valence-corrected chi connectivity index (χ0v) is 15.7. The van der Waals surface area contributed by atoms with Crippen LogP contribution in [0.25, 0.3) is 0 Å². The van der Waals surface area contributed by atoms with Gasteiger partial charge in [-0.1, -0.05) is 12.1 Å². The second-order valence-corrected chi connectivity index (χ2v) is 7.33. The summed E-state index contributed by atoms with van der Waals surface area (Å²) in [5.41, 5.74) is 2.51. The summed E-state index contributed by atoms with van der Waals surface area (Å²) in [6.45, 7) is 3.55. The minimum atomic E-state index is -0.380. The molecule has 0 atom stereocenters. The van der Waals surface area contributed by atoms with Gasteiger partial charge in [0, 0.05) is 16.0 Å². The van der Waals surface area contributed by atoms with Crippen molar-refractivity contribution in [3.05, 3.63) is 51.4 Å². The van der Waals surface area contributed by atoms with Crippen molar-refractivity contribution in [1.29, 1.82) is 0 Å². The van der Waals surface area contributed by atoms with Gasteiger partial charge in [-0.15, -0.1) is 11.3 Å². The molecule has 0 unspecified atom stereocenters. The molecule has 0 spiro atoms. The van der Waals surface area contributed by atoms with Crippen LogP contribution in [0.2, 0.25) is 0 Å². The number of aryl methyl sites for hydroxylation is 1. The number of rotatable bonds is 5. The van der Waals surface area contributed by atoms with Gasteiger partial charge in [-0.2, -0.15) is 0 Å². The minimum Gasteiger partial charge on any atom is -0.462 e. The Balaban J connectivity index is 1.88. The quantitative estimate of drug-likeness (QED) is 0.630. The van der Waals surface area contributed by atoms with Crippen LogP contribution in [0.15, 0.2) is 24.3 Å². The number of hydrogen-bond donors (Lipinski definition) is 1. The lowest BCUT2D eigenvalue weighted by Gasteiger charge is -2.12. The van der Waals surface area contributed by atoms with Crippen molar-refractivity contribution in [3.63, 3.8) is 0 Å². The largest absolute Gasteiger partial charge is 0.462 e. The summed E-state index contributed by atoms with van der Waals surface area (Å²) in [4.78, 5) is 37.5. The SMILES string of the molecule is CCOC(=O)c1c(NC(=O)c2ccc(C(C)=O)cc2)sc2c1CCCC2. The zero-order chi connectivity index (χ0) is 18.7. The van der Waals surface area contributed by atoms with Crippen LogP contribution in [0.4, 0.5) is 5.00 Å². The molecule has 26 heavy (non-hydrogen) atoms. The summed E-state index contributed by atoms with van der Waals surface area (Å²) < 4.78 is 5.20. The highest BCUT2D eigenvalue weighted by molar-refractivity contribution is 7.17. The van der Waals surface area contributed by atoms with E-state index in [1.807, 2.05) is 0 Å². The van der Waals surface area contributed by atoms with Crippen LogP contribution in [0, 0.1) is 0 Å². The van der Waals surface area contributed by atoms with Gasteiger partial charge in [-0.3, -0.25) is 9.59 Å². The number of hydrogen-bond acceptors (Lipinski definition) is 5. The molecule has 0 radical (unpaired) electrons. The average molecular weight is 371 g/mol. The van der Waals surface area contributed by atoms with Gasteiger partial charge in [0.1, 0.15) is 5.00 Å². The fourth-order valence-electron chi connectivity index (χ4n) is 3.10. The molecule has 1 heterocycles. The molecule has 1 aromatic carbocycles. The second kappa shape index (κ2) is 7.83. The van der Waals surface area contributed by atoms with Crippen molar-refractivity contribution < 1.29 is 19.1 Å². The van der Waals surface area contributed by atoms with Crippen LogP contribution >= 0.6 is 11.3 Å². The number of carbonyl (C=O) groups is 3. The van der Waals surface area contributed by atoms with Crippen LogP contribution in [-0.2, 0) is 17.6 Å². The van der Waals surface area contributed by atoms with E-state index in [-0.39, 0.29) is 17.7 Å². The maximum absolute atomic E-state index is 12.6. The van der Waals surface area contributed by atoms with Gasteiger partial charge in [-0.05, 0) is 57.2 Å². The van der Waals surface area contributed by atoms with Gasteiger partial charge < -0.3 is 10.1 Å². The van der Waals surface area contributed by atoms with Gasteiger partial charge in [-0.25, -0.2) is 4.79 Å². The normalized spacial score (nSPS) is 13.0. The molecule has 136 valence electrons. The Labute approximate surface area is 156 Å². The van der Waals surface area contributed by atoms with Crippen molar-refractivity contribution in [2.24, 2.45) is 0 Å². The Kier molecular flexibility index (Phi) is 5.52. The maximum atomic E-state index is 12.6. The molecule has 0 saturated carbocycles. The summed E-state index contributed by atoms with van der Waals surface area (Å²) in [5.74, 6) is -0.731. The fourth-order valence-corrected chi connectivity index (χ4v) is 4.38.